The van der Waals surface area contributed by atoms with E-state index in [9.17, 15) is 9.59 Å². The maximum atomic E-state index is 13.3. The highest BCUT2D eigenvalue weighted by Crippen LogP contribution is 2.38. The van der Waals surface area contributed by atoms with E-state index >= 15 is 0 Å². The van der Waals surface area contributed by atoms with Crippen molar-refractivity contribution in [2.24, 2.45) is 5.41 Å². The average molecular weight is 369 g/mol. The molecule has 1 aliphatic heterocycles. The lowest BCUT2D eigenvalue weighted by Crippen LogP contribution is -2.48. The van der Waals surface area contributed by atoms with Gasteiger partial charge in [0.15, 0.2) is 0 Å². The Hall–Kier alpha value is -2.62. The van der Waals surface area contributed by atoms with E-state index in [0.29, 0.717) is 25.9 Å². The van der Waals surface area contributed by atoms with E-state index in [2.05, 4.69) is 5.32 Å². The highest BCUT2D eigenvalue weighted by molar-refractivity contribution is 6.13. The fourth-order valence-corrected chi connectivity index (χ4v) is 3.47. The van der Waals surface area contributed by atoms with Crippen molar-refractivity contribution in [2.45, 2.75) is 40.5 Å². The van der Waals surface area contributed by atoms with Gasteiger partial charge in [-0.25, -0.2) is 0 Å². The molecule has 2 aromatic rings. The van der Waals surface area contributed by atoms with Crippen LogP contribution in [-0.4, -0.2) is 24.9 Å². The average Bonchev–Trinajstić information content (AvgIpc) is 3.02. The molecule has 0 aromatic heterocycles. The molecule has 1 N–H and O–H groups in total. The van der Waals surface area contributed by atoms with Crippen LogP contribution in [0.4, 0.5) is 5.69 Å². The minimum absolute atomic E-state index is 0. The van der Waals surface area contributed by atoms with Gasteiger partial charge in [0, 0.05) is 20.2 Å². The Labute approximate surface area is 164 Å². The van der Waals surface area contributed by atoms with Gasteiger partial charge in [-0.15, -0.1) is 0 Å². The van der Waals surface area contributed by atoms with Crippen LogP contribution in [0.5, 0.6) is 0 Å². The summed E-state index contributed by atoms with van der Waals surface area (Å²) in [7, 11) is 0. The maximum Gasteiger partial charge on any atom is 0.243 e. The van der Waals surface area contributed by atoms with Crippen LogP contribution in [0.3, 0.4) is 0 Å². The van der Waals surface area contributed by atoms with Gasteiger partial charge < -0.3 is 10.2 Å². The van der Waals surface area contributed by atoms with Gasteiger partial charge in [0.2, 0.25) is 11.8 Å². The number of rotatable bonds is 5. The Morgan fingerprint density at radius 1 is 1.11 bits per heavy atom. The molecule has 1 aliphatic rings. The van der Waals surface area contributed by atoms with E-state index in [4.69, 9.17) is 0 Å². The summed E-state index contributed by atoms with van der Waals surface area (Å²) < 4.78 is 0. The summed E-state index contributed by atoms with van der Waals surface area (Å²) >= 11 is 0. The molecular weight excluding hydrogens is 336 g/mol. The molecule has 0 aliphatic carbocycles. The summed E-state index contributed by atoms with van der Waals surface area (Å²) in [6.45, 7) is 8.98. The predicted octanol–water partition coefficient (Wildman–Crippen LogP) is 4.37. The number of hydrogen-bond acceptors (Lipinski definition) is 2. The fourth-order valence-electron chi connectivity index (χ4n) is 3.47. The van der Waals surface area contributed by atoms with E-state index in [1.54, 1.807) is 4.90 Å². The van der Waals surface area contributed by atoms with Crippen molar-refractivity contribution in [3.8, 4) is 0 Å². The molecule has 1 saturated heterocycles. The zero-order valence-corrected chi connectivity index (χ0v) is 16.8. The molecule has 1 heterocycles. The van der Waals surface area contributed by atoms with Gasteiger partial charge in [0.25, 0.3) is 0 Å². The minimum Gasteiger partial charge on any atom is -0.355 e. The summed E-state index contributed by atoms with van der Waals surface area (Å²) in [6, 6.07) is 17.7. The van der Waals surface area contributed by atoms with Gasteiger partial charge in [-0.1, -0.05) is 61.9 Å². The van der Waals surface area contributed by atoms with Gasteiger partial charge in [-0.3, -0.25) is 9.59 Å². The molecule has 0 bridgehead atoms. The molecule has 146 valence electrons. The van der Waals surface area contributed by atoms with Crippen LogP contribution in [-0.2, 0) is 16.0 Å². The van der Waals surface area contributed by atoms with E-state index in [1.165, 1.54) is 0 Å². The zero-order chi connectivity index (χ0) is 19.9. The third-order valence-corrected chi connectivity index (χ3v) is 4.88. The zero-order valence-electron chi connectivity index (χ0n) is 16.8. The van der Waals surface area contributed by atoms with Crippen molar-refractivity contribution in [3.05, 3.63) is 65.7 Å². The monoisotopic (exact) mass is 368 g/mol. The van der Waals surface area contributed by atoms with Crippen LogP contribution in [0, 0.1) is 12.3 Å². The highest BCUT2D eigenvalue weighted by Gasteiger charge is 2.52. The molecule has 0 radical (unpaired) electrons. The number of anilines is 1. The predicted molar refractivity (Wildman–Crippen MR) is 113 cm³/mol. The van der Waals surface area contributed by atoms with Crippen LogP contribution >= 0.6 is 0 Å². The normalized spacial score (nSPS) is 18.7. The first-order valence-electron chi connectivity index (χ1n) is 9.78. The first-order chi connectivity index (χ1) is 13.1. The molecule has 1 atom stereocenters. The van der Waals surface area contributed by atoms with Gasteiger partial charge in [0.05, 0.1) is 0 Å². The number of nitrogens with zero attached hydrogens (tertiary/aromatic N) is 1. The number of carbonyl (C=O) groups is 2. The van der Waals surface area contributed by atoms with Crippen molar-refractivity contribution in [1.29, 1.82) is 0 Å². The van der Waals surface area contributed by atoms with E-state index in [-0.39, 0.29) is 13.2 Å². The van der Waals surface area contributed by atoms with Crippen molar-refractivity contribution in [2.75, 3.05) is 18.0 Å². The van der Waals surface area contributed by atoms with Crippen molar-refractivity contribution >= 4 is 17.5 Å². The standard InChI is InChI=1S/C21H24N2O2.C2H6.H2/c1-3-22-19(24)21(15-17-7-5-4-6-8-17)13-14-23(20(21)25)18-11-9-16(2)10-12-18;1-2;/h4-12H,3,13-15H2,1-2H3,(H,22,24);1-2H3;1H/t21-;;/m0../s1. The Morgan fingerprint density at radius 3 is 2.33 bits per heavy atom. The quantitative estimate of drug-likeness (QED) is 0.797. The van der Waals surface area contributed by atoms with Crippen LogP contribution in [0.2, 0.25) is 0 Å². The molecule has 2 aromatic carbocycles. The molecule has 0 unspecified atom stereocenters. The second kappa shape index (κ2) is 9.36. The molecule has 27 heavy (non-hydrogen) atoms. The number of hydrogen-bond donors (Lipinski definition) is 1. The summed E-state index contributed by atoms with van der Waals surface area (Å²) in [5.74, 6) is -0.273. The van der Waals surface area contributed by atoms with Crippen molar-refractivity contribution in [1.82, 2.24) is 5.32 Å². The lowest BCUT2D eigenvalue weighted by atomic mass is 9.79. The Kier molecular flexibility index (Phi) is 7.17. The molecule has 4 heteroatoms. The Bertz CT molecular complexity index is 762. The lowest BCUT2D eigenvalue weighted by Gasteiger charge is -2.27. The number of benzene rings is 2. The molecule has 3 rings (SSSR count). The third-order valence-electron chi connectivity index (χ3n) is 4.88. The first kappa shape index (κ1) is 20.7. The Morgan fingerprint density at radius 2 is 1.74 bits per heavy atom. The number of nitrogens with one attached hydrogen (secondary N) is 1. The van der Waals surface area contributed by atoms with Crippen LogP contribution in [0.25, 0.3) is 0 Å². The van der Waals surface area contributed by atoms with Crippen molar-refractivity contribution in [3.63, 3.8) is 0 Å². The van der Waals surface area contributed by atoms with Crippen LogP contribution in [0.1, 0.15) is 39.7 Å². The number of aryl methyl sites for hydroxylation is 1. The third kappa shape index (κ3) is 4.38. The first-order valence-corrected chi connectivity index (χ1v) is 9.78. The van der Waals surface area contributed by atoms with E-state index in [1.807, 2.05) is 82.3 Å². The lowest BCUT2D eigenvalue weighted by molar-refractivity contribution is -0.139. The topological polar surface area (TPSA) is 49.4 Å². The smallest absolute Gasteiger partial charge is 0.243 e. The van der Waals surface area contributed by atoms with Gasteiger partial charge in [-0.2, -0.15) is 0 Å². The molecule has 1 fully saturated rings. The maximum absolute atomic E-state index is 13.3. The summed E-state index contributed by atoms with van der Waals surface area (Å²) in [4.78, 5) is 27.9. The summed E-state index contributed by atoms with van der Waals surface area (Å²) in [5.41, 5.74) is 1.99. The van der Waals surface area contributed by atoms with E-state index in [0.717, 1.165) is 16.8 Å². The second-order valence-corrected chi connectivity index (χ2v) is 6.65. The summed E-state index contributed by atoms with van der Waals surface area (Å²) in [6.07, 6.45) is 0.960. The van der Waals surface area contributed by atoms with E-state index < -0.39 is 5.41 Å². The fraction of sp³-hybridized carbons (Fsp3) is 0.391. The van der Waals surface area contributed by atoms with Gasteiger partial charge in [-0.05, 0) is 44.4 Å². The molecule has 0 spiro atoms. The Balaban J connectivity index is 0.00000127. The molecule has 4 nitrogen and oxygen atoms in total. The van der Waals surface area contributed by atoms with Gasteiger partial charge >= 0.3 is 0 Å². The van der Waals surface area contributed by atoms with Crippen LogP contribution < -0.4 is 10.2 Å². The van der Waals surface area contributed by atoms with Crippen molar-refractivity contribution < 1.29 is 11.0 Å². The van der Waals surface area contributed by atoms with Gasteiger partial charge in [0.1, 0.15) is 5.41 Å². The molecule has 2 amide bonds. The van der Waals surface area contributed by atoms with Crippen LogP contribution in [0.15, 0.2) is 54.6 Å². The highest BCUT2D eigenvalue weighted by atomic mass is 16.2. The summed E-state index contributed by atoms with van der Waals surface area (Å²) in [5, 5.41) is 2.87. The number of amides is 2. The second-order valence-electron chi connectivity index (χ2n) is 6.65. The molecule has 0 saturated carbocycles. The molecular formula is C23H32N2O2. The minimum atomic E-state index is -1.03. The largest absolute Gasteiger partial charge is 0.355 e. The number of carbonyl (C=O) groups excluding carboxylic acids is 2. The SMILES string of the molecule is CC.CCNC(=O)[C@@]1(Cc2ccccc2)CCN(c2ccc(C)cc2)C1=O.[HH].